The molecule has 6 heteroatoms. The van der Waals surface area contributed by atoms with Crippen LogP contribution in [-0.4, -0.2) is 25.7 Å². The van der Waals surface area contributed by atoms with E-state index in [1.807, 2.05) is 31.2 Å². The van der Waals surface area contributed by atoms with Crippen LogP contribution in [0, 0.1) is 6.92 Å². The lowest BCUT2D eigenvalue weighted by atomic mass is 10.0. The van der Waals surface area contributed by atoms with E-state index in [1.54, 1.807) is 11.3 Å². The van der Waals surface area contributed by atoms with Crippen molar-refractivity contribution in [3.05, 3.63) is 81.5 Å². The number of hydrogen-bond donors (Lipinski definition) is 2. The highest BCUT2D eigenvalue weighted by Gasteiger charge is 2.18. The summed E-state index contributed by atoms with van der Waals surface area (Å²) in [6, 6.07) is 18.2. The maximum atomic E-state index is 12.6. The fourth-order valence-corrected chi connectivity index (χ4v) is 4.32. The van der Waals surface area contributed by atoms with Crippen LogP contribution in [0.5, 0.6) is 11.5 Å². The van der Waals surface area contributed by atoms with Gasteiger partial charge < -0.3 is 14.8 Å². The number of amides is 1. The lowest BCUT2D eigenvalue weighted by molar-refractivity contribution is -0.121. The summed E-state index contributed by atoms with van der Waals surface area (Å²) in [5.74, 6) is 1.43. The molecule has 156 valence electrons. The molecule has 0 bridgehead atoms. The third-order valence-corrected chi connectivity index (χ3v) is 6.09. The number of carbonyl (C=O) groups is 1. The molecule has 2 N–H and O–H groups in total. The van der Waals surface area contributed by atoms with Gasteiger partial charge in [0, 0.05) is 4.88 Å². The molecule has 1 aliphatic rings. The lowest BCUT2D eigenvalue weighted by Gasteiger charge is -2.22. The van der Waals surface area contributed by atoms with Crippen LogP contribution in [0.1, 0.15) is 40.6 Å². The number of rotatable bonds is 7. The van der Waals surface area contributed by atoms with Gasteiger partial charge in [-0.1, -0.05) is 42.0 Å². The molecule has 1 aromatic heterocycles. The van der Waals surface area contributed by atoms with Gasteiger partial charge in [0.05, 0.1) is 18.6 Å². The quantitative estimate of drug-likeness (QED) is 0.593. The number of aryl methyl sites for hydroxylation is 1. The van der Waals surface area contributed by atoms with Crippen molar-refractivity contribution in [2.75, 3.05) is 19.8 Å². The molecule has 0 saturated carbocycles. The zero-order valence-electron chi connectivity index (χ0n) is 17.2. The average molecular weight is 423 g/mol. The van der Waals surface area contributed by atoms with E-state index in [1.165, 1.54) is 10.4 Å². The van der Waals surface area contributed by atoms with Crippen molar-refractivity contribution in [3.8, 4) is 11.5 Å². The van der Waals surface area contributed by atoms with Crippen LogP contribution in [-0.2, 0) is 4.79 Å². The van der Waals surface area contributed by atoms with Crippen LogP contribution < -0.4 is 20.1 Å². The Hall–Kier alpha value is -2.83. The van der Waals surface area contributed by atoms with E-state index in [4.69, 9.17) is 9.47 Å². The Bertz CT molecular complexity index is 986. The van der Waals surface area contributed by atoms with Gasteiger partial charge in [0.2, 0.25) is 5.91 Å². The van der Waals surface area contributed by atoms with E-state index in [2.05, 4.69) is 53.3 Å². The van der Waals surface area contributed by atoms with Gasteiger partial charge in [-0.25, -0.2) is 0 Å². The molecule has 0 saturated heterocycles. The standard InChI is InChI=1S/C24H26N2O3S/c1-16-5-7-18(8-6-16)24(22-4-3-13-30-22)25-15-23(27)26-17(2)19-9-10-20-21(14-19)29-12-11-28-20/h3-10,13-14,17,24-25H,11-12,15H2,1-2H3,(H,26,27)/t17-,24-/m0/s1. The van der Waals surface area contributed by atoms with Crippen molar-refractivity contribution in [2.24, 2.45) is 0 Å². The van der Waals surface area contributed by atoms with Gasteiger partial charge in [-0.05, 0) is 48.6 Å². The minimum Gasteiger partial charge on any atom is -0.486 e. The molecule has 1 amide bonds. The van der Waals surface area contributed by atoms with Gasteiger partial charge >= 0.3 is 0 Å². The average Bonchev–Trinajstić information content (AvgIpc) is 3.29. The highest BCUT2D eigenvalue weighted by molar-refractivity contribution is 7.10. The molecule has 0 radical (unpaired) electrons. The smallest absolute Gasteiger partial charge is 0.234 e. The number of carbonyl (C=O) groups excluding carboxylic acids is 1. The number of ether oxygens (including phenoxy) is 2. The van der Waals surface area contributed by atoms with E-state index in [9.17, 15) is 4.79 Å². The zero-order valence-corrected chi connectivity index (χ0v) is 18.0. The van der Waals surface area contributed by atoms with Crippen molar-refractivity contribution >= 4 is 17.2 Å². The molecule has 30 heavy (non-hydrogen) atoms. The molecule has 0 unspecified atom stereocenters. The first-order valence-corrected chi connectivity index (χ1v) is 11.0. The normalized spacial score (nSPS) is 14.7. The Morgan fingerprint density at radius 1 is 1.03 bits per heavy atom. The maximum Gasteiger partial charge on any atom is 0.234 e. The molecule has 2 atom stereocenters. The summed E-state index contributed by atoms with van der Waals surface area (Å²) in [5.41, 5.74) is 3.35. The number of thiophene rings is 1. The monoisotopic (exact) mass is 422 g/mol. The molecule has 2 aromatic carbocycles. The van der Waals surface area contributed by atoms with Crippen LogP contribution in [0.25, 0.3) is 0 Å². The first kappa shape index (κ1) is 20.4. The van der Waals surface area contributed by atoms with Crippen LogP contribution >= 0.6 is 11.3 Å². The van der Waals surface area contributed by atoms with Crippen LogP contribution in [0.2, 0.25) is 0 Å². The summed E-state index contributed by atoms with van der Waals surface area (Å²) in [6.45, 7) is 5.39. The number of fused-ring (bicyclic) bond motifs is 1. The van der Waals surface area contributed by atoms with Crippen molar-refractivity contribution in [2.45, 2.75) is 25.9 Å². The van der Waals surface area contributed by atoms with E-state index < -0.39 is 0 Å². The molecule has 4 rings (SSSR count). The molecular weight excluding hydrogens is 396 g/mol. The van der Waals surface area contributed by atoms with Crippen molar-refractivity contribution in [1.82, 2.24) is 10.6 Å². The largest absolute Gasteiger partial charge is 0.486 e. The summed E-state index contributed by atoms with van der Waals surface area (Å²) in [6.07, 6.45) is 0. The van der Waals surface area contributed by atoms with Crippen LogP contribution in [0.4, 0.5) is 0 Å². The predicted molar refractivity (Wildman–Crippen MR) is 119 cm³/mol. The topological polar surface area (TPSA) is 59.6 Å². The summed E-state index contributed by atoms with van der Waals surface area (Å²) in [4.78, 5) is 13.8. The Labute approximate surface area is 181 Å². The Kier molecular flexibility index (Phi) is 6.35. The number of nitrogens with one attached hydrogen (secondary N) is 2. The van der Waals surface area contributed by atoms with Gasteiger partial charge in [-0.15, -0.1) is 11.3 Å². The highest BCUT2D eigenvalue weighted by atomic mass is 32.1. The zero-order chi connectivity index (χ0) is 20.9. The summed E-state index contributed by atoms with van der Waals surface area (Å²) in [5, 5.41) is 8.55. The van der Waals surface area contributed by atoms with Gasteiger partial charge in [0.1, 0.15) is 13.2 Å². The molecule has 0 spiro atoms. The van der Waals surface area contributed by atoms with E-state index >= 15 is 0 Å². The third-order valence-electron chi connectivity index (χ3n) is 5.15. The predicted octanol–water partition coefficient (Wildman–Crippen LogP) is 4.38. The number of hydrogen-bond acceptors (Lipinski definition) is 5. The first-order chi connectivity index (χ1) is 14.6. The van der Waals surface area contributed by atoms with Gasteiger partial charge in [-0.2, -0.15) is 0 Å². The fraction of sp³-hybridized carbons (Fsp3) is 0.292. The second kappa shape index (κ2) is 9.32. The molecule has 0 fully saturated rings. The van der Waals surface area contributed by atoms with Crippen molar-refractivity contribution in [1.29, 1.82) is 0 Å². The minimum absolute atomic E-state index is 0.0130. The SMILES string of the molecule is Cc1ccc([C@H](NCC(=O)N[C@@H](C)c2ccc3c(c2)OCCO3)c2cccs2)cc1. The Morgan fingerprint density at radius 2 is 1.77 bits per heavy atom. The van der Waals surface area contributed by atoms with Crippen LogP contribution in [0.15, 0.2) is 60.0 Å². The minimum atomic E-state index is -0.130. The van der Waals surface area contributed by atoms with Gasteiger partial charge in [0.25, 0.3) is 0 Å². The van der Waals surface area contributed by atoms with E-state index in [0.29, 0.717) is 13.2 Å². The molecule has 1 aliphatic heterocycles. The van der Waals surface area contributed by atoms with E-state index in [0.717, 1.165) is 22.6 Å². The van der Waals surface area contributed by atoms with Gasteiger partial charge in [0.15, 0.2) is 11.5 Å². The van der Waals surface area contributed by atoms with Gasteiger partial charge in [-0.3, -0.25) is 10.1 Å². The van der Waals surface area contributed by atoms with Crippen molar-refractivity contribution < 1.29 is 14.3 Å². The summed E-state index contributed by atoms with van der Waals surface area (Å²) >= 11 is 1.69. The molecule has 0 aliphatic carbocycles. The summed E-state index contributed by atoms with van der Waals surface area (Å²) < 4.78 is 11.2. The fourth-order valence-electron chi connectivity index (χ4n) is 3.50. The lowest BCUT2D eigenvalue weighted by Crippen LogP contribution is -2.37. The first-order valence-electron chi connectivity index (χ1n) is 10.1. The Balaban J connectivity index is 1.39. The molecular formula is C24H26N2O3S. The highest BCUT2D eigenvalue weighted by Crippen LogP contribution is 2.32. The van der Waals surface area contributed by atoms with E-state index in [-0.39, 0.29) is 24.5 Å². The summed E-state index contributed by atoms with van der Waals surface area (Å²) in [7, 11) is 0. The third kappa shape index (κ3) is 4.83. The second-order valence-electron chi connectivity index (χ2n) is 7.43. The number of benzene rings is 2. The molecule has 3 aromatic rings. The van der Waals surface area contributed by atoms with Crippen molar-refractivity contribution in [3.63, 3.8) is 0 Å². The van der Waals surface area contributed by atoms with Crippen LogP contribution in [0.3, 0.4) is 0 Å². The molecule has 2 heterocycles. The second-order valence-corrected chi connectivity index (χ2v) is 8.41. The molecule has 5 nitrogen and oxygen atoms in total. The Morgan fingerprint density at radius 3 is 2.50 bits per heavy atom. The maximum absolute atomic E-state index is 12.6.